The maximum atomic E-state index is 14.5. The molecule has 11 heteroatoms. The van der Waals surface area contributed by atoms with Crippen molar-refractivity contribution in [3.05, 3.63) is 70.4 Å². The van der Waals surface area contributed by atoms with Crippen molar-refractivity contribution in [2.24, 2.45) is 17.8 Å². The van der Waals surface area contributed by atoms with Gasteiger partial charge >= 0.3 is 5.97 Å². The molecule has 1 atom stereocenters. The topological polar surface area (TPSA) is 108 Å². The predicted molar refractivity (Wildman–Crippen MR) is 220 cm³/mol. The van der Waals surface area contributed by atoms with Gasteiger partial charge < -0.3 is 19.4 Å². The fourth-order valence-corrected chi connectivity index (χ4v) is 10.3. The van der Waals surface area contributed by atoms with Crippen LogP contribution in [0.15, 0.2) is 48.2 Å². The van der Waals surface area contributed by atoms with E-state index in [0.29, 0.717) is 45.1 Å². The Hall–Kier alpha value is -4.35. The number of rotatable bonds is 10. The highest BCUT2D eigenvalue weighted by Gasteiger charge is 2.35. The number of fused-ring (bicyclic) bond motifs is 2. The summed E-state index contributed by atoms with van der Waals surface area (Å²) in [5.74, 6) is -0.256. The van der Waals surface area contributed by atoms with Gasteiger partial charge in [-0.05, 0) is 118 Å². The van der Waals surface area contributed by atoms with Crippen LogP contribution in [0.5, 0.6) is 0 Å². The largest absolute Gasteiger partial charge is 0.442 e. The molecule has 0 N–H and O–H groups in total. The van der Waals surface area contributed by atoms with Crippen molar-refractivity contribution in [1.29, 1.82) is 0 Å². The van der Waals surface area contributed by atoms with Crippen molar-refractivity contribution >= 4 is 40.5 Å². The standard InChI is InChI=1S/C46H60N6O5/c1-32-24-33(26-39-30-47-52(44(32)39)31-57-46(56)35-8-4-3-5-9-35)25-38(45(55)51-22-20-49(21-23-51)40-14-16-48(2)17-15-40)29-43(54)50-18-12-34(13-19-50)41-27-36-10-6-7-11-37(36)28-42(41)53/h6-7,10-11,24,26-27,30,34-35,38,40H,3-5,8-9,12-23,25,28-29,31H2,1-2H3/t38-/m0/s1. The molecule has 0 unspecified atom stereocenters. The molecule has 304 valence electrons. The van der Waals surface area contributed by atoms with E-state index in [9.17, 15) is 19.2 Å². The van der Waals surface area contributed by atoms with Gasteiger partial charge in [0.1, 0.15) is 0 Å². The first-order valence-electron chi connectivity index (χ1n) is 21.6. The van der Waals surface area contributed by atoms with Gasteiger partial charge in [-0.15, -0.1) is 0 Å². The molecule has 2 aromatic carbocycles. The summed E-state index contributed by atoms with van der Waals surface area (Å²) in [6.45, 7) is 8.59. The number of likely N-dealkylation sites (tertiary alicyclic amines) is 2. The molecular weight excluding hydrogens is 717 g/mol. The molecule has 3 aromatic rings. The summed E-state index contributed by atoms with van der Waals surface area (Å²) in [6, 6.07) is 12.9. The monoisotopic (exact) mass is 776 g/mol. The average Bonchev–Trinajstić information content (AvgIpc) is 3.66. The molecule has 57 heavy (non-hydrogen) atoms. The Morgan fingerprint density at radius 2 is 1.60 bits per heavy atom. The van der Waals surface area contributed by atoms with Crippen molar-refractivity contribution < 1.29 is 23.9 Å². The third kappa shape index (κ3) is 9.04. The number of piperazine rings is 1. The van der Waals surface area contributed by atoms with Crippen molar-refractivity contribution in [3.63, 3.8) is 0 Å². The minimum atomic E-state index is -0.493. The third-order valence-electron chi connectivity index (χ3n) is 13.7. The summed E-state index contributed by atoms with van der Waals surface area (Å²) in [4.78, 5) is 63.4. The number of amides is 2. The Bertz CT molecular complexity index is 1980. The summed E-state index contributed by atoms with van der Waals surface area (Å²) in [6.07, 6.45) is 13.9. The molecule has 1 aromatic heterocycles. The van der Waals surface area contributed by atoms with Crippen LogP contribution >= 0.6 is 0 Å². The van der Waals surface area contributed by atoms with Gasteiger partial charge in [0.25, 0.3) is 0 Å². The lowest BCUT2D eigenvalue weighted by molar-refractivity contribution is -0.153. The van der Waals surface area contributed by atoms with Crippen LogP contribution in [0.2, 0.25) is 0 Å². The van der Waals surface area contributed by atoms with E-state index in [1.807, 2.05) is 34.9 Å². The highest BCUT2D eigenvalue weighted by molar-refractivity contribution is 6.04. The van der Waals surface area contributed by atoms with Crippen LogP contribution in [0.4, 0.5) is 0 Å². The molecule has 4 fully saturated rings. The molecule has 3 saturated heterocycles. The second-order valence-corrected chi connectivity index (χ2v) is 17.5. The van der Waals surface area contributed by atoms with Crippen molar-refractivity contribution in [3.8, 4) is 0 Å². The van der Waals surface area contributed by atoms with Gasteiger partial charge in [-0.2, -0.15) is 5.10 Å². The van der Waals surface area contributed by atoms with E-state index in [4.69, 9.17) is 4.74 Å². The van der Waals surface area contributed by atoms with Gasteiger partial charge in [0.05, 0.1) is 23.5 Å². The van der Waals surface area contributed by atoms with Crippen LogP contribution in [0.1, 0.15) is 86.5 Å². The number of allylic oxidation sites excluding steroid dienone is 1. The fourth-order valence-electron chi connectivity index (χ4n) is 10.3. The molecule has 2 aliphatic carbocycles. The van der Waals surface area contributed by atoms with Crippen LogP contribution in [0.3, 0.4) is 0 Å². The quantitative estimate of drug-likeness (QED) is 0.243. The second kappa shape index (κ2) is 17.6. The summed E-state index contributed by atoms with van der Waals surface area (Å²) in [5.41, 5.74) is 6.00. The normalized spacial score (nSPS) is 21.4. The number of carbonyl (C=O) groups is 4. The number of aryl methyl sites for hydroxylation is 1. The zero-order valence-corrected chi connectivity index (χ0v) is 34.0. The Kier molecular flexibility index (Phi) is 12.2. The van der Waals surface area contributed by atoms with E-state index in [1.54, 1.807) is 10.9 Å². The second-order valence-electron chi connectivity index (χ2n) is 17.5. The number of esters is 1. The molecule has 0 radical (unpaired) electrons. The van der Waals surface area contributed by atoms with E-state index >= 15 is 0 Å². The number of carbonyl (C=O) groups excluding carboxylic acids is 4. The first-order valence-corrected chi connectivity index (χ1v) is 21.6. The molecule has 8 rings (SSSR count). The van der Waals surface area contributed by atoms with Crippen molar-refractivity contribution in [1.82, 2.24) is 29.4 Å². The van der Waals surface area contributed by atoms with Crippen LogP contribution in [-0.4, -0.2) is 118 Å². The predicted octanol–water partition coefficient (Wildman–Crippen LogP) is 5.66. The number of ether oxygens (including phenoxy) is 1. The molecule has 11 nitrogen and oxygen atoms in total. The van der Waals surface area contributed by atoms with E-state index in [2.05, 4.69) is 46.2 Å². The molecule has 5 aliphatic rings. The van der Waals surface area contributed by atoms with Gasteiger partial charge in [0.2, 0.25) is 11.8 Å². The molecule has 0 bridgehead atoms. The molecule has 0 spiro atoms. The van der Waals surface area contributed by atoms with E-state index in [-0.39, 0.29) is 48.6 Å². The SMILES string of the molecule is Cc1cc(C[C@@H](CC(=O)N2CCC(C3=Cc4ccccc4CC3=O)CC2)C(=O)N2CCN(C3CCN(C)CC3)CC2)cc2cnn(COC(=O)C3CCCCC3)c12. The van der Waals surface area contributed by atoms with Crippen LogP contribution in [-0.2, 0) is 43.5 Å². The summed E-state index contributed by atoms with van der Waals surface area (Å²) in [7, 11) is 2.19. The van der Waals surface area contributed by atoms with E-state index in [0.717, 1.165) is 103 Å². The third-order valence-corrected chi connectivity index (χ3v) is 13.7. The molecular formula is C46H60N6O5. The highest BCUT2D eigenvalue weighted by atomic mass is 16.5. The van der Waals surface area contributed by atoms with Crippen LogP contribution in [0.25, 0.3) is 17.0 Å². The van der Waals surface area contributed by atoms with Crippen LogP contribution in [0, 0.1) is 24.7 Å². The number of Topliss-reactive ketones (excluding diaryl/α,β-unsaturated/α-hetero) is 1. The minimum absolute atomic E-state index is 0.0106. The summed E-state index contributed by atoms with van der Waals surface area (Å²) >= 11 is 0. The number of nitrogens with zero attached hydrogens (tertiary/aromatic N) is 6. The van der Waals surface area contributed by atoms with E-state index in [1.165, 1.54) is 19.3 Å². The summed E-state index contributed by atoms with van der Waals surface area (Å²) in [5, 5.41) is 5.52. The van der Waals surface area contributed by atoms with Gasteiger partial charge in [0, 0.05) is 63.5 Å². The number of ketones is 1. The maximum absolute atomic E-state index is 14.5. The van der Waals surface area contributed by atoms with Crippen molar-refractivity contribution in [2.45, 2.75) is 96.7 Å². The van der Waals surface area contributed by atoms with Crippen molar-refractivity contribution in [2.75, 3.05) is 59.4 Å². The first kappa shape index (κ1) is 39.5. The Balaban J connectivity index is 0.946. The molecule has 4 heterocycles. The number of hydrogen-bond donors (Lipinski definition) is 0. The number of benzene rings is 2. The Labute approximate surface area is 337 Å². The smallest absolute Gasteiger partial charge is 0.310 e. The number of piperidine rings is 2. The lowest BCUT2D eigenvalue weighted by Gasteiger charge is -2.43. The number of aromatic nitrogens is 2. The lowest BCUT2D eigenvalue weighted by atomic mass is 9.80. The van der Waals surface area contributed by atoms with Crippen LogP contribution < -0.4 is 0 Å². The fraction of sp³-hybridized carbons (Fsp3) is 0.587. The molecule has 1 saturated carbocycles. The van der Waals surface area contributed by atoms with Gasteiger partial charge in [0.15, 0.2) is 12.5 Å². The maximum Gasteiger partial charge on any atom is 0.310 e. The average molecular weight is 777 g/mol. The zero-order valence-electron chi connectivity index (χ0n) is 34.0. The molecule has 2 amide bonds. The van der Waals surface area contributed by atoms with E-state index < -0.39 is 5.92 Å². The van der Waals surface area contributed by atoms with Gasteiger partial charge in [-0.25, -0.2) is 4.68 Å². The minimum Gasteiger partial charge on any atom is -0.442 e. The van der Waals surface area contributed by atoms with Gasteiger partial charge in [-0.3, -0.25) is 24.1 Å². The number of hydrogen-bond acceptors (Lipinski definition) is 8. The summed E-state index contributed by atoms with van der Waals surface area (Å²) < 4.78 is 7.49. The first-order chi connectivity index (χ1) is 27.7. The Morgan fingerprint density at radius 1 is 0.860 bits per heavy atom. The zero-order chi connectivity index (χ0) is 39.5. The van der Waals surface area contributed by atoms with Gasteiger partial charge in [-0.1, -0.05) is 49.6 Å². The molecule has 3 aliphatic heterocycles. The Morgan fingerprint density at radius 3 is 2.35 bits per heavy atom. The lowest BCUT2D eigenvalue weighted by Crippen LogP contribution is -2.55. The highest BCUT2D eigenvalue weighted by Crippen LogP contribution is 2.33.